The van der Waals surface area contributed by atoms with Crippen LogP contribution in [-0.2, 0) is 16.8 Å². The summed E-state index contributed by atoms with van der Waals surface area (Å²) in [5.74, 6) is 1.06. The Hall–Kier alpha value is -4.63. The highest BCUT2D eigenvalue weighted by atomic mass is 35.5. The van der Waals surface area contributed by atoms with Gasteiger partial charge in [-0.2, -0.15) is 5.10 Å². The van der Waals surface area contributed by atoms with Gasteiger partial charge in [-0.05, 0) is 62.1 Å². The summed E-state index contributed by atoms with van der Waals surface area (Å²) in [6.45, 7) is 12.9. The van der Waals surface area contributed by atoms with Gasteiger partial charge in [0.15, 0.2) is 11.3 Å². The maximum Gasteiger partial charge on any atom is 0.290 e. The van der Waals surface area contributed by atoms with Crippen molar-refractivity contribution in [3.63, 3.8) is 0 Å². The fourth-order valence-electron chi connectivity index (χ4n) is 5.96. The fourth-order valence-corrected chi connectivity index (χ4v) is 6.08. The SMILES string of the molecule is COc1ccc(Cn2nc(C)cc2N2CCN(C(=O)c3cc4nc(-c5ccc(Cl)cc5)cc(C(C)(C)C)c4o3)C(C)(C)C2=O)cc1. The van der Waals surface area contributed by atoms with Crippen LogP contribution in [0, 0.1) is 6.92 Å². The molecule has 0 radical (unpaired) electrons. The number of methoxy groups -OCH3 is 1. The molecule has 0 aliphatic carbocycles. The number of fused-ring (bicyclic) bond motifs is 1. The number of nitrogens with zero attached hydrogens (tertiary/aromatic N) is 5. The van der Waals surface area contributed by atoms with E-state index in [1.165, 1.54) is 0 Å². The van der Waals surface area contributed by atoms with Crippen molar-refractivity contribution in [1.29, 1.82) is 0 Å². The first-order valence-corrected chi connectivity index (χ1v) is 15.7. The number of pyridine rings is 1. The summed E-state index contributed by atoms with van der Waals surface area (Å²) in [6, 6.07) is 20.9. The number of carbonyl (C=O) groups is 2. The number of anilines is 1. The topological polar surface area (TPSA) is 93.7 Å². The molecule has 1 saturated heterocycles. The summed E-state index contributed by atoms with van der Waals surface area (Å²) in [5.41, 5.74) is 4.15. The van der Waals surface area contributed by atoms with Gasteiger partial charge in [0.05, 0.1) is 25.0 Å². The van der Waals surface area contributed by atoms with E-state index in [4.69, 9.17) is 25.7 Å². The molecular weight excluding hydrogens is 602 g/mol. The minimum absolute atomic E-state index is 0.149. The van der Waals surface area contributed by atoms with Crippen LogP contribution in [0.1, 0.15) is 62.0 Å². The molecule has 46 heavy (non-hydrogen) atoms. The van der Waals surface area contributed by atoms with Crippen molar-refractivity contribution in [3.05, 3.63) is 94.3 Å². The highest BCUT2D eigenvalue weighted by molar-refractivity contribution is 6.30. The molecule has 5 aromatic rings. The Kier molecular flexibility index (Phi) is 7.92. The maximum absolute atomic E-state index is 14.1. The van der Waals surface area contributed by atoms with Crippen LogP contribution in [0.4, 0.5) is 5.82 Å². The van der Waals surface area contributed by atoms with E-state index in [9.17, 15) is 9.59 Å². The monoisotopic (exact) mass is 639 g/mol. The lowest BCUT2D eigenvalue weighted by atomic mass is 9.86. The van der Waals surface area contributed by atoms with Gasteiger partial charge in [-0.15, -0.1) is 0 Å². The molecule has 6 rings (SSSR count). The van der Waals surface area contributed by atoms with E-state index < -0.39 is 5.54 Å². The average molecular weight is 640 g/mol. The molecule has 1 aliphatic heterocycles. The van der Waals surface area contributed by atoms with Gasteiger partial charge in [-0.1, -0.05) is 56.6 Å². The molecule has 0 N–H and O–H groups in total. The number of halogens is 1. The number of carbonyl (C=O) groups excluding carboxylic acids is 2. The third kappa shape index (κ3) is 5.75. The second-order valence-corrected chi connectivity index (χ2v) is 13.7. The molecule has 0 atom stereocenters. The van der Waals surface area contributed by atoms with Crippen LogP contribution in [0.5, 0.6) is 5.75 Å². The van der Waals surface area contributed by atoms with Crippen molar-refractivity contribution in [3.8, 4) is 17.0 Å². The van der Waals surface area contributed by atoms with Crippen LogP contribution in [0.3, 0.4) is 0 Å². The molecule has 0 saturated carbocycles. The van der Waals surface area contributed by atoms with Gasteiger partial charge < -0.3 is 14.1 Å². The number of furan rings is 1. The fraction of sp³-hybridized carbons (Fsp3) is 0.333. The van der Waals surface area contributed by atoms with E-state index >= 15 is 0 Å². The first kappa shape index (κ1) is 31.4. The predicted octanol–water partition coefficient (Wildman–Crippen LogP) is 7.28. The third-order valence-electron chi connectivity index (χ3n) is 8.52. The summed E-state index contributed by atoms with van der Waals surface area (Å²) in [6.07, 6.45) is 0. The van der Waals surface area contributed by atoms with Crippen LogP contribution in [0.15, 0.2) is 71.1 Å². The third-order valence-corrected chi connectivity index (χ3v) is 8.77. The van der Waals surface area contributed by atoms with Crippen molar-refractivity contribution in [2.24, 2.45) is 0 Å². The van der Waals surface area contributed by atoms with Crippen molar-refractivity contribution in [2.45, 2.75) is 59.0 Å². The highest BCUT2D eigenvalue weighted by Gasteiger charge is 2.46. The van der Waals surface area contributed by atoms with E-state index in [1.807, 2.05) is 72.3 Å². The molecule has 1 fully saturated rings. The van der Waals surface area contributed by atoms with Gasteiger partial charge in [0.1, 0.15) is 22.6 Å². The van der Waals surface area contributed by atoms with Crippen molar-refractivity contribution in [2.75, 3.05) is 25.1 Å². The number of ether oxygens (including phenoxy) is 1. The zero-order valence-electron chi connectivity index (χ0n) is 27.2. The Balaban J connectivity index is 1.29. The van der Waals surface area contributed by atoms with E-state index in [2.05, 4.69) is 25.9 Å². The summed E-state index contributed by atoms with van der Waals surface area (Å²) in [4.78, 5) is 36.4. The molecule has 0 bridgehead atoms. The minimum Gasteiger partial charge on any atom is -0.497 e. The molecule has 10 heteroatoms. The maximum atomic E-state index is 14.1. The van der Waals surface area contributed by atoms with Crippen LogP contribution in [-0.4, -0.2) is 57.2 Å². The molecule has 1 aliphatic rings. The first-order valence-electron chi connectivity index (χ1n) is 15.3. The van der Waals surface area contributed by atoms with Gasteiger partial charge in [-0.3, -0.25) is 14.5 Å². The van der Waals surface area contributed by atoms with Gasteiger partial charge in [0.25, 0.3) is 11.8 Å². The normalized spacial score (nSPS) is 15.1. The number of hydrogen-bond donors (Lipinski definition) is 0. The summed E-state index contributed by atoms with van der Waals surface area (Å²) >= 11 is 6.13. The molecule has 238 valence electrons. The van der Waals surface area contributed by atoms with Gasteiger partial charge in [0.2, 0.25) is 0 Å². The number of aryl methyl sites for hydroxylation is 1. The van der Waals surface area contributed by atoms with Gasteiger partial charge in [0, 0.05) is 41.4 Å². The lowest BCUT2D eigenvalue weighted by Crippen LogP contribution is -2.65. The summed E-state index contributed by atoms with van der Waals surface area (Å²) < 4.78 is 13.4. The molecule has 3 aromatic heterocycles. The Morgan fingerprint density at radius 3 is 2.37 bits per heavy atom. The Morgan fingerprint density at radius 2 is 1.72 bits per heavy atom. The molecular formula is C36H38ClN5O4. The van der Waals surface area contributed by atoms with Crippen LogP contribution in [0.25, 0.3) is 22.4 Å². The standard InChI is InChI=1S/C36H38ClN5O4/c1-22-18-31(42(39-22)21-23-8-14-26(45-7)15-9-23)40-16-17-41(36(5,6)34(40)44)33(43)30-20-29-32(46-30)27(35(2,3)4)19-28(38-29)24-10-12-25(37)13-11-24/h8-15,18-20H,16-17,21H2,1-7H3. The molecule has 0 unspecified atom stereocenters. The van der Waals surface area contributed by atoms with E-state index in [1.54, 1.807) is 36.8 Å². The van der Waals surface area contributed by atoms with E-state index in [-0.39, 0.29) is 23.0 Å². The number of benzene rings is 2. The Labute approximate surface area is 273 Å². The second kappa shape index (κ2) is 11.6. The van der Waals surface area contributed by atoms with Crippen LogP contribution in [0.2, 0.25) is 5.02 Å². The first-order chi connectivity index (χ1) is 21.8. The second-order valence-electron chi connectivity index (χ2n) is 13.3. The number of piperazine rings is 1. The zero-order valence-corrected chi connectivity index (χ0v) is 28.0. The largest absolute Gasteiger partial charge is 0.497 e. The summed E-state index contributed by atoms with van der Waals surface area (Å²) in [7, 11) is 1.63. The van der Waals surface area contributed by atoms with Crippen molar-refractivity contribution >= 4 is 40.3 Å². The molecule has 2 aromatic carbocycles. The average Bonchev–Trinajstić information content (AvgIpc) is 3.61. The smallest absolute Gasteiger partial charge is 0.290 e. The van der Waals surface area contributed by atoms with E-state index in [0.29, 0.717) is 41.6 Å². The van der Waals surface area contributed by atoms with Crippen molar-refractivity contribution in [1.82, 2.24) is 19.7 Å². The molecule has 2 amide bonds. The lowest BCUT2D eigenvalue weighted by molar-refractivity contribution is -0.130. The number of hydrogen-bond acceptors (Lipinski definition) is 6. The lowest BCUT2D eigenvalue weighted by Gasteiger charge is -2.45. The van der Waals surface area contributed by atoms with Gasteiger partial charge in [-0.25, -0.2) is 9.67 Å². The van der Waals surface area contributed by atoms with Crippen molar-refractivity contribution < 1.29 is 18.7 Å². The highest BCUT2D eigenvalue weighted by Crippen LogP contribution is 2.36. The molecule has 4 heterocycles. The minimum atomic E-state index is -1.15. The Bertz CT molecular complexity index is 1930. The number of amides is 2. The molecule has 0 spiro atoms. The van der Waals surface area contributed by atoms with E-state index in [0.717, 1.165) is 33.8 Å². The molecule has 9 nitrogen and oxygen atoms in total. The van der Waals surface area contributed by atoms with Crippen LogP contribution >= 0.6 is 11.6 Å². The summed E-state index contributed by atoms with van der Waals surface area (Å²) in [5, 5.41) is 5.32. The predicted molar refractivity (Wildman–Crippen MR) is 180 cm³/mol. The quantitative estimate of drug-likeness (QED) is 0.194. The number of rotatable bonds is 6. The Morgan fingerprint density at radius 1 is 1.02 bits per heavy atom. The van der Waals surface area contributed by atoms with Crippen LogP contribution < -0.4 is 9.64 Å². The zero-order chi connectivity index (χ0) is 33.0. The number of aromatic nitrogens is 3. The van der Waals surface area contributed by atoms with Gasteiger partial charge >= 0.3 is 0 Å².